The van der Waals surface area contributed by atoms with Gasteiger partial charge < -0.3 is 14.2 Å². The predicted octanol–water partition coefficient (Wildman–Crippen LogP) is 4.34. The van der Waals surface area contributed by atoms with Crippen LogP contribution in [0.2, 0.25) is 0 Å². The van der Waals surface area contributed by atoms with Crippen molar-refractivity contribution in [3.05, 3.63) is 46.8 Å². The normalized spacial score (nSPS) is 11.2. The number of sulfonamides is 1. The van der Waals surface area contributed by atoms with Crippen LogP contribution in [0.1, 0.15) is 11.9 Å². The molecule has 0 unspecified atom stereocenters. The number of rotatable bonds is 8. The molecule has 1 N–H and O–H groups in total. The number of hydrogen-bond acceptors (Lipinski definition) is 7. The first-order chi connectivity index (χ1) is 13.9. The quantitative estimate of drug-likeness (QED) is 0.568. The van der Waals surface area contributed by atoms with Crippen LogP contribution < -0.4 is 18.9 Å². The number of nitrogens with one attached hydrogen (secondary N) is 1. The van der Waals surface area contributed by atoms with Crippen LogP contribution in [0.4, 0.5) is 5.69 Å². The average Bonchev–Trinajstić information content (AvgIpc) is 3.14. The lowest BCUT2D eigenvalue weighted by Gasteiger charge is -2.16. The van der Waals surface area contributed by atoms with Crippen molar-refractivity contribution in [1.29, 1.82) is 0 Å². The van der Waals surface area contributed by atoms with Crippen LogP contribution in [0.3, 0.4) is 0 Å². The summed E-state index contributed by atoms with van der Waals surface area (Å²) in [5, 5.41) is 2.79. The highest BCUT2D eigenvalue weighted by atomic mass is 32.2. The molecule has 0 radical (unpaired) electrons. The molecule has 9 heteroatoms. The smallest absolute Gasteiger partial charge is 0.265 e. The lowest BCUT2D eigenvalue weighted by atomic mass is 10.2. The van der Waals surface area contributed by atoms with Crippen LogP contribution in [0.15, 0.2) is 46.7 Å². The summed E-state index contributed by atoms with van der Waals surface area (Å²) in [5.41, 5.74) is 1.67. The van der Waals surface area contributed by atoms with E-state index in [-0.39, 0.29) is 16.3 Å². The first-order valence-electron chi connectivity index (χ1n) is 8.82. The molecule has 29 heavy (non-hydrogen) atoms. The summed E-state index contributed by atoms with van der Waals surface area (Å²) in [4.78, 5) is 4.46. The Hall–Kier alpha value is -2.78. The molecule has 3 aromatic rings. The molecular formula is C20H22N2O5S2. The van der Waals surface area contributed by atoms with Gasteiger partial charge in [0.15, 0.2) is 0 Å². The highest BCUT2D eigenvalue weighted by Gasteiger charge is 2.23. The fourth-order valence-electron chi connectivity index (χ4n) is 2.74. The summed E-state index contributed by atoms with van der Waals surface area (Å²) in [6.07, 6.45) is 0. The van der Waals surface area contributed by atoms with Crippen molar-refractivity contribution in [3.8, 4) is 28.5 Å². The van der Waals surface area contributed by atoms with Crippen LogP contribution in [0.5, 0.6) is 17.2 Å². The van der Waals surface area contributed by atoms with Gasteiger partial charge in [-0.15, -0.1) is 11.3 Å². The summed E-state index contributed by atoms with van der Waals surface area (Å²) in [6, 6.07) is 9.89. The third-order valence-corrected chi connectivity index (χ3v) is 6.26. The molecule has 154 valence electrons. The molecule has 1 heterocycles. The summed E-state index contributed by atoms with van der Waals surface area (Å²) >= 11 is 1.50. The van der Waals surface area contributed by atoms with Crippen molar-refractivity contribution in [2.24, 2.45) is 0 Å². The van der Waals surface area contributed by atoms with E-state index in [9.17, 15) is 8.42 Å². The van der Waals surface area contributed by atoms with Crippen molar-refractivity contribution in [3.63, 3.8) is 0 Å². The van der Waals surface area contributed by atoms with Crippen molar-refractivity contribution >= 4 is 27.0 Å². The summed E-state index contributed by atoms with van der Waals surface area (Å²) in [7, 11) is -1.01. The van der Waals surface area contributed by atoms with E-state index in [1.54, 1.807) is 43.3 Å². The fourth-order valence-corrected chi connectivity index (χ4v) is 4.60. The zero-order chi connectivity index (χ0) is 21.0. The number of thiazole rings is 1. The second-order valence-electron chi connectivity index (χ2n) is 6.02. The molecule has 1 aromatic heterocycles. The molecular weight excluding hydrogens is 412 g/mol. The molecule has 0 amide bonds. The Morgan fingerprint density at radius 1 is 1.07 bits per heavy atom. The Morgan fingerprint density at radius 2 is 1.83 bits per heavy atom. The molecule has 0 atom stereocenters. The number of aryl methyl sites for hydroxylation is 1. The lowest BCUT2D eigenvalue weighted by Crippen LogP contribution is -2.15. The average molecular weight is 435 g/mol. The van der Waals surface area contributed by atoms with Gasteiger partial charge in [0.25, 0.3) is 10.0 Å². The van der Waals surface area contributed by atoms with Gasteiger partial charge in [-0.25, -0.2) is 13.4 Å². The van der Waals surface area contributed by atoms with Gasteiger partial charge in [-0.1, -0.05) is 0 Å². The predicted molar refractivity (Wildman–Crippen MR) is 114 cm³/mol. The standard InChI is InChI=1S/C20H22N2O5S2/c1-5-27-19-8-6-14(17-12-28-13(2)21-17)10-20(19)29(23,24)22-16-11-15(25-3)7-9-18(16)26-4/h6-12,22H,5H2,1-4H3. The van der Waals surface area contributed by atoms with Crippen molar-refractivity contribution in [2.45, 2.75) is 18.7 Å². The van der Waals surface area contributed by atoms with E-state index in [4.69, 9.17) is 14.2 Å². The number of aromatic nitrogens is 1. The van der Waals surface area contributed by atoms with E-state index in [2.05, 4.69) is 9.71 Å². The minimum Gasteiger partial charge on any atom is -0.497 e. The fraction of sp³-hybridized carbons (Fsp3) is 0.250. The van der Waals surface area contributed by atoms with Gasteiger partial charge in [-0.3, -0.25) is 4.72 Å². The van der Waals surface area contributed by atoms with Crippen LogP contribution >= 0.6 is 11.3 Å². The van der Waals surface area contributed by atoms with Crippen molar-refractivity contribution in [2.75, 3.05) is 25.5 Å². The number of anilines is 1. The maximum atomic E-state index is 13.2. The molecule has 0 bridgehead atoms. The van der Waals surface area contributed by atoms with Gasteiger partial charge >= 0.3 is 0 Å². The van der Waals surface area contributed by atoms with E-state index >= 15 is 0 Å². The Labute approximate surface area is 174 Å². The minimum absolute atomic E-state index is 0.0207. The molecule has 0 fully saturated rings. The topological polar surface area (TPSA) is 86.8 Å². The molecule has 0 saturated heterocycles. The van der Waals surface area contributed by atoms with Gasteiger partial charge in [0.05, 0.1) is 37.2 Å². The van der Waals surface area contributed by atoms with Crippen LogP contribution in [-0.2, 0) is 10.0 Å². The maximum absolute atomic E-state index is 13.2. The van der Waals surface area contributed by atoms with E-state index in [0.29, 0.717) is 29.4 Å². The largest absolute Gasteiger partial charge is 0.497 e. The molecule has 2 aromatic carbocycles. The highest BCUT2D eigenvalue weighted by molar-refractivity contribution is 7.92. The maximum Gasteiger partial charge on any atom is 0.265 e. The first kappa shape index (κ1) is 20.9. The Kier molecular flexibility index (Phi) is 6.29. The zero-order valence-electron chi connectivity index (χ0n) is 16.6. The van der Waals surface area contributed by atoms with Crippen LogP contribution in [0, 0.1) is 6.92 Å². The van der Waals surface area contributed by atoms with Crippen LogP contribution in [0.25, 0.3) is 11.3 Å². The van der Waals surface area contributed by atoms with Crippen molar-refractivity contribution in [1.82, 2.24) is 4.98 Å². The second kappa shape index (κ2) is 8.71. The molecule has 0 spiro atoms. The third-order valence-electron chi connectivity index (χ3n) is 4.10. The molecule has 3 rings (SSSR count). The molecule has 0 saturated carbocycles. The van der Waals surface area contributed by atoms with Crippen molar-refractivity contribution < 1.29 is 22.6 Å². The number of nitrogens with zero attached hydrogens (tertiary/aromatic N) is 1. The Morgan fingerprint density at radius 3 is 2.45 bits per heavy atom. The van der Waals surface area contributed by atoms with Gasteiger partial charge in [0.1, 0.15) is 22.1 Å². The minimum atomic E-state index is -3.98. The summed E-state index contributed by atoms with van der Waals surface area (Å²) in [5.74, 6) is 1.14. The summed E-state index contributed by atoms with van der Waals surface area (Å²) in [6.45, 7) is 4.03. The highest BCUT2D eigenvalue weighted by Crippen LogP contribution is 2.35. The van der Waals surface area contributed by atoms with E-state index in [1.807, 2.05) is 12.3 Å². The molecule has 0 aliphatic rings. The van der Waals surface area contributed by atoms with E-state index in [1.165, 1.54) is 25.6 Å². The first-order valence-corrected chi connectivity index (χ1v) is 11.2. The number of benzene rings is 2. The molecule has 0 aliphatic heterocycles. The Bertz CT molecular complexity index is 1110. The zero-order valence-corrected chi connectivity index (χ0v) is 18.2. The molecule has 0 aliphatic carbocycles. The number of hydrogen-bond donors (Lipinski definition) is 1. The second-order valence-corrected chi connectivity index (χ2v) is 8.73. The van der Waals surface area contributed by atoms with E-state index < -0.39 is 10.0 Å². The molecule has 7 nitrogen and oxygen atoms in total. The number of ether oxygens (including phenoxy) is 3. The lowest BCUT2D eigenvalue weighted by molar-refractivity contribution is 0.331. The third kappa shape index (κ3) is 4.63. The van der Waals surface area contributed by atoms with Gasteiger partial charge in [0, 0.05) is 17.0 Å². The van der Waals surface area contributed by atoms with Gasteiger partial charge in [-0.05, 0) is 44.2 Å². The van der Waals surface area contributed by atoms with E-state index in [0.717, 1.165) is 5.01 Å². The SMILES string of the molecule is CCOc1ccc(-c2csc(C)n2)cc1S(=O)(=O)Nc1cc(OC)ccc1OC. The van der Waals surface area contributed by atoms with Gasteiger partial charge in [-0.2, -0.15) is 0 Å². The van der Waals surface area contributed by atoms with Crippen LogP contribution in [-0.4, -0.2) is 34.2 Å². The number of methoxy groups -OCH3 is 2. The summed E-state index contributed by atoms with van der Waals surface area (Å²) < 4.78 is 45.1. The van der Waals surface area contributed by atoms with Gasteiger partial charge in [0.2, 0.25) is 0 Å². The monoisotopic (exact) mass is 434 g/mol. The Balaban J connectivity index is 2.07.